The van der Waals surface area contributed by atoms with E-state index in [4.69, 9.17) is 17.8 Å². The average molecular weight is 575 g/mol. The average Bonchev–Trinajstić information content (AvgIpc) is 3.32. The first kappa shape index (κ1) is 28.0. The van der Waals surface area contributed by atoms with Gasteiger partial charge in [-0.25, -0.2) is 9.59 Å². The number of alkyl carbamates (subject to hydrolysis) is 1. The van der Waals surface area contributed by atoms with Gasteiger partial charge < -0.3 is 46.4 Å². The van der Waals surface area contributed by atoms with Gasteiger partial charge in [0.25, 0.3) is 0 Å². The first-order valence-electron chi connectivity index (χ1n) is 13.5. The van der Waals surface area contributed by atoms with Crippen molar-refractivity contribution in [3.05, 3.63) is 59.7 Å². The van der Waals surface area contributed by atoms with Crippen LogP contribution in [0, 0.1) is 0 Å². The predicted octanol–water partition coefficient (Wildman–Crippen LogP) is -1.57. The molecular weight excluding hydrogens is 540 g/mol. The Morgan fingerprint density at radius 2 is 1.34 bits per heavy atom. The standard InChI is InChI=1S/C27H32N4O10/c32-11-20(24(36)30-21(12-33)25(37)31-22(13-34)26(38)39)29-23(35)9-10-28-27(40)41-14-19-17-7-3-1-5-15(17)16-6-2-4-8-18(16)19/h1-8,19-22,32-34H,9-14H2,(H,28,40)(H,29,35)(H,30,36)(H,31,37)(H,38,39)/t20-,21+,22+/m1/s1/i/hD2. The maximum absolute atomic E-state index is 12.7. The molecule has 0 fully saturated rings. The highest BCUT2D eigenvalue weighted by atomic mass is 16.5. The number of aliphatic hydroxyl groups excluding tert-OH is 3. The monoisotopic (exact) mass is 574 g/mol. The fraction of sp³-hybridized carbons (Fsp3) is 0.370. The predicted molar refractivity (Wildman–Crippen MR) is 142 cm³/mol. The van der Waals surface area contributed by atoms with Crippen molar-refractivity contribution in [1.82, 2.24) is 21.3 Å². The van der Waals surface area contributed by atoms with Crippen molar-refractivity contribution in [2.75, 3.05) is 33.0 Å². The number of carboxylic acid groups (broad SMARTS) is 1. The van der Waals surface area contributed by atoms with Gasteiger partial charge in [0.1, 0.15) is 24.7 Å². The molecule has 0 heterocycles. The lowest BCUT2D eigenvalue weighted by molar-refractivity contribution is -0.143. The number of amides is 4. The normalized spacial score (nSPS) is 14.7. The number of aliphatic carboxylic acids is 1. The van der Waals surface area contributed by atoms with E-state index in [1.54, 1.807) is 0 Å². The quantitative estimate of drug-likeness (QED) is 0.129. The van der Waals surface area contributed by atoms with E-state index < -0.39 is 74.2 Å². The summed E-state index contributed by atoms with van der Waals surface area (Å²) in [5.74, 6) is -5.56. The highest BCUT2D eigenvalue weighted by Gasteiger charge is 2.30. The van der Waals surface area contributed by atoms with E-state index in [1.165, 1.54) is 0 Å². The highest BCUT2D eigenvalue weighted by molar-refractivity contribution is 5.93. The summed E-state index contributed by atoms with van der Waals surface area (Å²) >= 11 is 0. The van der Waals surface area contributed by atoms with Crippen molar-refractivity contribution in [2.45, 2.75) is 30.5 Å². The first-order chi connectivity index (χ1) is 20.5. The Bertz CT molecular complexity index is 1300. The number of carboxylic acids is 1. The Kier molecular flexibility index (Phi) is 10.1. The van der Waals surface area contributed by atoms with Crippen LogP contribution in [0.1, 0.15) is 23.5 Å². The van der Waals surface area contributed by atoms with Crippen LogP contribution in [-0.2, 0) is 23.9 Å². The van der Waals surface area contributed by atoms with Crippen LogP contribution in [0.25, 0.3) is 11.1 Å². The molecule has 1 aliphatic rings. The maximum atomic E-state index is 12.7. The molecule has 3 rings (SSSR count). The van der Waals surface area contributed by atoms with E-state index >= 15 is 0 Å². The zero-order valence-electron chi connectivity index (χ0n) is 23.8. The number of benzene rings is 2. The van der Waals surface area contributed by atoms with Crippen molar-refractivity contribution in [3.63, 3.8) is 0 Å². The highest BCUT2D eigenvalue weighted by Crippen LogP contribution is 2.44. The van der Waals surface area contributed by atoms with Crippen molar-refractivity contribution in [3.8, 4) is 11.1 Å². The van der Waals surface area contributed by atoms with Crippen LogP contribution in [0.5, 0.6) is 0 Å². The van der Waals surface area contributed by atoms with Gasteiger partial charge in [0.05, 0.1) is 19.8 Å². The molecule has 220 valence electrons. The Hall–Kier alpha value is -4.53. The molecule has 0 saturated carbocycles. The summed E-state index contributed by atoms with van der Waals surface area (Å²) in [6.45, 7) is -3.54. The lowest BCUT2D eigenvalue weighted by Gasteiger charge is -2.22. The number of fused-ring (bicyclic) bond motifs is 3. The third kappa shape index (κ3) is 8.00. The molecule has 0 bridgehead atoms. The van der Waals surface area contributed by atoms with E-state index in [1.807, 2.05) is 53.8 Å². The molecule has 14 heteroatoms. The molecule has 0 spiro atoms. The molecule has 0 saturated heterocycles. The molecule has 4 amide bonds. The Morgan fingerprint density at radius 3 is 1.88 bits per heavy atom. The number of ether oxygens (including phenoxy) is 1. The second kappa shape index (κ2) is 14.7. The molecule has 3 atom stereocenters. The van der Waals surface area contributed by atoms with Gasteiger partial charge >= 0.3 is 12.1 Å². The lowest BCUT2D eigenvalue weighted by atomic mass is 9.98. The van der Waals surface area contributed by atoms with Gasteiger partial charge in [0.15, 0.2) is 2.82 Å². The van der Waals surface area contributed by atoms with E-state index in [0.29, 0.717) is 0 Å². The Morgan fingerprint density at radius 1 is 0.805 bits per heavy atom. The Balaban J connectivity index is 1.51. The van der Waals surface area contributed by atoms with Gasteiger partial charge in [-0.15, -0.1) is 0 Å². The molecule has 0 radical (unpaired) electrons. The van der Waals surface area contributed by atoms with Crippen LogP contribution in [0.15, 0.2) is 48.5 Å². The number of carbonyl (C=O) groups excluding carboxylic acids is 4. The second-order valence-electron chi connectivity index (χ2n) is 8.97. The number of hydrogen-bond acceptors (Lipinski definition) is 9. The zero-order chi connectivity index (χ0) is 31.7. The zero-order valence-corrected chi connectivity index (χ0v) is 21.8. The fourth-order valence-corrected chi connectivity index (χ4v) is 4.21. The van der Waals surface area contributed by atoms with Crippen LogP contribution < -0.4 is 21.3 Å². The van der Waals surface area contributed by atoms with Gasteiger partial charge in [-0.3, -0.25) is 14.4 Å². The number of rotatable bonds is 14. The van der Waals surface area contributed by atoms with E-state index in [0.717, 1.165) is 22.3 Å². The minimum atomic E-state index is -1.98. The first-order valence-corrected chi connectivity index (χ1v) is 12.6. The van der Waals surface area contributed by atoms with Gasteiger partial charge in [0, 0.05) is 18.9 Å². The van der Waals surface area contributed by atoms with Crippen molar-refractivity contribution in [1.29, 1.82) is 0 Å². The van der Waals surface area contributed by atoms with Crippen LogP contribution in [0.2, 0.25) is 2.82 Å². The third-order valence-electron chi connectivity index (χ3n) is 6.27. The number of hydrogen-bond donors (Lipinski definition) is 8. The molecule has 0 unspecified atom stereocenters. The van der Waals surface area contributed by atoms with Gasteiger partial charge in [-0.2, -0.15) is 0 Å². The van der Waals surface area contributed by atoms with Crippen molar-refractivity contribution >= 4 is 29.8 Å². The number of aliphatic hydroxyl groups is 3. The molecule has 14 nitrogen and oxygen atoms in total. The molecular formula is C27H32N4O10. The van der Waals surface area contributed by atoms with Crippen LogP contribution >= 0.6 is 0 Å². The van der Waals surface area contributed by atoms with Crippen LogP contribution in [0.3, 0.4) is 0 Å². The summed E-state index contributed by atoms with van der Waals surface area (Å²) in [6.07, 6.45) is -1.31. The van der Waals surface area contributed by atoms with E-state index in [-0.39, 0.29) is 29.7 Å². The Labute approximate surface area is 237 Å². The minimum absolute atomic E-state index is 0.0317. The topological polar surface area (TPSA) is 224 Å². The molecule has 8 N–H and O–H groups in total. The molecule has 0 aliphatic heterocycles. The minimum Gasteiger partial charge on any atom is -0.480 e. The molecule has 1 aliphatic carbocycles. The molecule has 2 aromatic carbocycles. The van der Waals surface area contributed by atoms with Crippen molar-refractivity contribution < 1.29 is 52.0 Å². The molecule has 0 aromatic heterocycles. The summed E-state index contributed by atoms with van der Waals surface area (Å²) in [5, 5.41) is 41.3. The van der Waals surface area contributed by atoms with Gasteiger partial charge in [-0.05, 0) is 22.3 Å². The van der Waals surface area contributed by atoms with Crippen molar-refractivity contribution in [2.24, 2.45) is 0 Å². The molecule has 41 heavy (non-hydrogen) atoms. The lowest BCUT2D eigenvalue weighted by Crippen LogP contribution is -2.58. The second-order valence-corrected chi connectivity index (χ2v) is 8.97. The SMILES string of the molecule is [2H]N(C(=O)CCNC(=O)OCC1c2ccccc2-c2ccccc21)[C@H](CO)C(=O)N([2H])[C@@H](CO)C(=O)N[C@@H](CO)C(=O)O. The van der Waals surface area contributed by atoms with Crippen LogP contribution in [-0.4, -0.2) is 101 Å². The summed E-state index contributed by atoms with van der Waals surface area (Å²) in [4.78, 5) is 60.8. The van der Waals surface area contributed by atoms with Gasteiger partial charge in [-0.1, -0.05) is 48.5 Å². The summed E-state index contributed by atoms with van der Waals surface area (Å²) < 4.78 is 21.2. The number of carbonyl (C=O) groups is 5. The largest absolute Gasteiger partial charge is 0.480 e. The smallest absolute Gasteiger partial charge is 0.407 e. The van der Waals surface area contributed by atoms with Gasteiger partial charge in [0.2, 0.25) is 17.7 Å². The van der Waals surface area contributed by atoms with E-state index in [9.17, 15) is 34.2 Å². The molecule has 2 aromatic rings. The maximum Gasteiger partial charge on any atom is 0.407 e. The fourth-order valence-electron chi connectivity index (χ4n) is 4.21. The van der Waals surface area contributed by atoms with E-state index in [2.05, 4.69) is 5.32 Å². The summed E-state index contributed by atoms with van der Waals surface area (Å²) in [5.41, 5.74) is 4.12. The third-order valence-corrected chi connectivity index (χ3v) is 6.27. The summed E-state index contributed by atoms with van der Waals surface area (Å²) in [6, 6.07) is 9.80. The number of nitrogens with one attached hydrogen (secondary N) is 4. The summed E-state index contributed by atoms with van der Waals surface area (Å²) in [7, 11) is 0. The van der Waals surface area contributed by atoms with Crippen LogP contribution in [0.4, 0.5) is 4.79 Å².